The van der Waals surface area contributed by atoms with Crippen LogP contribution in [-0.2, 0) is 16.0 Å². The van der Waals surface area contributed by atoms with Gasteiger partial charge in [0.2, 0.25) is 12.7 Å². The van der Waals surface area contributed by atoms with Gasteiger partial charge in [0.1, 0.15) is 0 Å². The fourth-order valence-corrected chi connectivity index (χ4v) is 5.01. The maximum atomic E-state index is 13.5. The molecule has 5 nitrogen and oxygen atoms in total. The van der Waals surface area contributed by atoms with E-state index in [0.717, 1.165) is 28.9 Å². The van der Waals surface area contributed by atoms with Crippen molar-refractivity contribution in [1.29, 1.82) is 0 Å². The van der Waals surface area contributed by atoms with Crippen molar-refractivity contribution < 1.29 is 19.1 Å². The summed E-state index contributed by atoms with van der Waals surface area (Å²) >= 11 is 0. The maximum absolute atomic E-state index is 13.5. The molecule has 1 unspecified atom stereocenters. The third-order valence-electron chi connectivity index (χ3n) is 6.54. The molecule has 0 radical (unpaired) electrons. The van der Waals surface area contributed by atoms with Crippen molar-refractivity contribution in [3.63, 3.8) is 0 Å². The molecule has 0 bridgehead atoms. The summed E-state index contributed by atoms with van der Waals surface area (Å²) in [5, 5.41) is 0. The number of ether oxygens (including phenoxy) is 2. The Morgan fingerprint density at radius 3 is 2.48 bits per heavy atom. The zero-order valence-electron chi connectivity index (χ0n) is 18.2. The molecule has 1 amide bonds. The number of carbonyl (C=O) groups is 2. The summed E-state index contributed by atoms with van der Waals surface area (Å²) in [6.07, 6.45) is 2.39. The van der Waals surface area contributed by atoms with Crippen molar-refractivity contribution >= 4 is 17.4 Å². The lowest BCUT2D eigenvalue weighted by atomic mass is 9.69. The highest BCUT2D eigenvalue weighted by atomic mass is 16.7. The van der Waals surface area contributed by atoms with Crippen LogP contribution in [0.2, 0.25) is 0 Å². The SMILES string of the molecule is CCc1ccc(N2C(=O)CC(c3ccc4c(c3)OCO4)C3=C2CC(C)(C)CC3=O)cc1. The number of amides is 1. The number of nitrogens with zero attached hydrogens (tertiary/aromatic N) is 1. The quantitative estimate of drug-likeness (QED) is 0.694. The molecule has 2 aromatic rings. The number of hydrogen-bond acceptors (Lipinski definition) is 4. The monoisotopic (exact) mass is 417 g/mol. The minimum Gasteiger partial charge on any atom is -0.454 e. The Kier molecular flexibility index (Phi) is 4.65. The number of aryl methyl sites for hydroxylation is 1. The van der Waals surface area contributed by atoms with Crippen molar-refractivity contribution in [2.45, 2.75) is 52.4 Å². The molecule has 2 aromatic carbocycles. The van der Waals surface area contributed by atoms with Gasteiger partial charge >= 0.3 is 0 Å². The average molecular weight is 418 g/mol. The number of fused-ring (bicyclic) bond motifs is 1. The van der Waals surface area contributed by atoms with Crippen LogP contribution in [0.1, 0.15) is 57.1 Å². The van der Waals surface area contributed by atoms with Crippen molar-refractivity contribution in [3.8, 4) is 11.5 Å². The van der Waals surface area contributed by atoms with E-state index in [0.29, 0.717) is 24.3 Å². The van der Waals surface area contributed by atoms with E-state index in [4.69, 9.17) is 9.47 Å². The summed E-state index contributed by atoms with van der Waals surface area (Å²) in [6, 6.07) is 13.8. The van der Waals surface area contributed by atoms with Gasteiger partial charge in [0.15, 0.2) is 17.3 Å². The van der Waals surface area contributed by atoms with E-state index in [-0.39, 0.29) is 36.2 Å². The summed E-state index contributed by atoms with van der Waals surface area (Å²) in [5.41, 5.74) is 4.43. The highest BCUT2D eigenvalue weighted by molar-refractivity contribution is 6.07. The highest BCUT2D eigenvalue weighted by Crippen LogP contribution is 2.49. The van der Waals surface area contributed by atoms with E-state index < -0.39 is 0 Å². The van der Waals surface area contributed by atoms with Crippen LogP contribution in [0.4, 0.5) is 5.69 Å². The lowest BCUT2D eigenvalue weighted by Gasteiger charge is -2.43. The Balaban J connectivity index is 1.63. The van der Waals surface area contributed by atoms with Crippen molar-refractivity contribution in [2.75, 3.05) is 11.7 Å². The van der Waals surface area contributed by atoms with Crippen molar-refractivity contribution in [3.05, 3.63) is 64.9 Å². The average Bonchev–Trinajstić information content (AvgIpc) is 3.20. The van der Waals surface area contributed by atoms with Gasteiger partial charge in [0.05, 0.1) is 0 Å². The molecule has 2 aliphatic heterocycles. The molecule has 2 heterocycles. The van der Waals surface area contributed by atoms with E-state index in [9.17, 15) is 9.59 Å². The van der Waals surface area contributed by atoms with Gasteiger partial charge in [-0.25, -0.2) is 0 Å². The zero-order chi connectivity index (χ0) is 21.8. The van der Waals surface area contributed by atoms with Crippen LogP contribution in [0, 0.1) is 5.41 Å². The minimum atomic E-state index is -0.258. The predicted octanol–water partition coefficient (Wildman–Crippen LogP) is 5.14. The molecule has 1 atom stereocenters. The second kappa shape index (κ2) is 7.26. The fourth-order valence-electron chi connectivity index (χ4n) is 5.01. The largest absolute Gasteiger partial charge is 0.454 e. The number of Topliss-reactive ketones (excluding diaryl/α,β-unsaturated/α-hetero) is 1. The second-order valence-electron chi connectivity index (χ2n) is 9.42. The number of allylic oxidation sites excluding steroid dienone is 2. The number of anilines is 1. The summed E-state index contributed by atoms with van der Waals surface area (Å²) in [7, 11) is 0. The zero-order valence-corrected chi connectivity index (χ0v) is 18.2. The Hall–Kier alpha value is -3.08. The topological polar surface area (TPSA) is 55.8 Å². The van der Waals surface area contributed by atoms with Crippen LogP contribution in [0.25, 0.3) is 0 Å². The Labute approximate surface area is 182 Å². The summed E-state index contributed by atoms with van der Waals surface area (Å²) in [5.74, 6) is 1.28. The molecular formula is C26H27NO4. The number of hydrogen-bond donors (Lipinski definition) is 0. The first-order valence-corrected chi connectivity index (χ1v) is 10.9. The van der Waals surface area contributed by atoms with Crippen LogP contribution in [0.5, 0.6) is 11.5 Å². The molecule has 5 heteroatoms. The van der Waals surface area contributed by atoms with Crippen molar-refractivity contribution in [2.24, 2.45) is 5.41 Å². The molecule has 5 rings (SSSR count). The van der Waals surface area contributed by atoms with E-state index in [1.165, 1.54) is 5.56 Å². The van der Waals surface area contributed by atoms with Crippen LogP contribution in [-0.4, -0.2) is 18.5 Å². The lowest BCUT2D eigenvalue weighted by molar-refractivity contribution is -0.121. The Morgan fingerprint density at radius 2 is 1.74 bits per heavy atom. The van der Waals surface area contributed by atoms with Gasteiger partial charge < -0.3 is 9.47 Å². The first kappa shape index (κ1) is 19.9. The van der Waals surface area contributed by atoms with E-state index >= 15 is 0 Å². The Morgan fingerprint density at radius 1 is 1.00 bits per heavy atom. The molecule has 3 aliphatic rings. The standard InChI is InChI=1S/C26H27NO4/c1-4-16-5-8-18(9-6-16)27-20-13-26(2,3)14-21(28)25(20)19(12-24(27)29)17-7-10-22-23(11-17)31-15-30-22/h5-11,19H,4,12-15H2,1-3H3. The summed E-state index contributed by atoms with van der Waals surface area (Å²) in [6.45, 7) is 6.51. The van der Waals surface area contributed by atoms with Gasteiger partial charge in [-0.05, 0) is 53.6 Å². The van der Waals surface area contributed by atoms with Crippen LogP contribution in [0.3, 0.4) is 0 Å². The van der Waals surface area contributed by atoms with Gasteiger partial charge in [0.25, 0.3) is 0 Å². The highest BCUT2D eigenvalue weighted by Gasteiger charge is 2.44. The first-order chi connectivity index (χ1) is 14.9. The molecular weight excluding hydrogens is 390 g/mol. The van der Waals surface area contributed by atoms with E-state index in [1.54, 1.807) is 4.90 Å². The number of carbonyl (C=O) groups excluding carboxylic acids is 2. The van der Waals surface area contributed by atoms with Gasteiger partial charge in [-0.2, -0.15) is 0 Å². The molecule has 0 aromatic heterocycles. The summed E-state index contributed by atoms with van der Waals surface area (Å²) in [4.78, 5) is 28.6. The normalized spacial score (nSPS) is 22.0. The fraction of sp³-hybridized carbons (Fsp3) is 0.385. The molecule has 31 heavy (non-hydrogen) atoms. The maximum Gasteiger partial charge on any atom is 0.232 e. The third kappa shape index (κ3) is 3.42. The van der Waals surface area contributed by atoms with Gasteiger partial charge in [-0.15, -0.1) is 0 Å². The Bertz CT molecular complexity index is 1100. The number of ketones is 1. The lowest BCUT2D eigenvalue weighted by Crippen LogP contribution is -2.43. The van der Waals surface area contributed by atoms with Gasteiger partial charge in [0, 0.05) is 35.7 Å². The number of benzene rings is 2. The third-order valence-corrected chi connectivity index (χ3v) is 6.54. The first-order valence-electron chi connectivity index (χ1n) is 10.9. The van der Waals surface area contributed by atoms with Crippen LogP contribution < -0.4 is 14.4 Å². The summed E-state index contributed by atoms with van der Waals surface area (Å²) < 4.78 is 11.0. The van der Waals surface area contributed by atoms with Crippen LogP contribution in [0.15, 0.2) is 53.7 Å². The van der Waals surface area contributed by atoms with Crippen LogP contribution >= 0.6 is 0 Å². The molecule has 1 aliphatic carbocycles. The van der Waals surface area contributed by atoms with Gasteiger partial charge in [-0.1, -0.05) is 39.0 Å². The predicted molar refractivity (Wildman–Crippen MR) is 118 cm³/mol. The molecule has 160 valence electrons. The number of rotatable bonds is 3. The van der Waals surface area contributed by atoms with Crippen molar-refractivity contribution in [1.82, 2.24) is 0 Å². The smallest absolute Gasteiger partial charge is 0.232 e. The van der Waals surface area contributed by atoms with E-state index in [1.807, 2.05) is 30.3 Å². The molecule has 0 spiro atoms. The molecule has 0 fully saturated rings. The molecule has 0 saturated carbocycles. The molecule has 0 N–H and O–H groups in total. The second-order valence-corrected chi connectivity index (χ2v) is 9.42. The van der Waals surface area contributed by atoms with E-state index in [2.05, 4.69) is 32.9 Å². The molecule has 0 saturated heterocycles. The minimum absolute atomic E-state index is 0.0242. The van der Waals surface area contributed by atoms with Gasteiger partial charge in [-0.3, -0.25) is 14.5 Å².